The molecule has 0 saturated heterocycles. The van der Waals surface area contributed by atoms with Gasteiger partial charge in [0, 0.05) is 35.3 Å². The van der Waals surface area contributed by atoms with E-state index in [0.717, 1.165) is 39.7 Å². The third-order valence-corrected chi connectivity index (χ3v) is 6.27. The smallest absolute Gasteiger partial charge is 0.401 e. The monoisotopic (exact) mass is 464 g/mol. The van der Waals surface area contributed by atoms with Crippen LogP contribution in [0.15, 0.2) is 90.1 Å². The van der Waals surface area contributed by atoms with Gasteiger partial charge in [0.1, 0.15) is 7.05 Å². The molecule has 1 atom stereocenters. The van der Waals surface area contributed by atoms with Crippen molar-refractivity contribution in [1.82, 2.24) is 0 Å². The Kier molecular flexibility index (Phi) is 5.84. The number of rotatable bonds is 2. The largest absolute Gasteiger partial charge is 0.647 e. The van der Waals surface area contributed by atoms with Crippen molar-refractivity contribution >= 4 is 34.0 Å². The molecule has 0 radical (unpaired) electrons. The number of aliphatic imine (C=N–C) groups is 1. The second-order valence-electron chi connectivity index (χ2n) is 8.50. The highest BCUT2D eigenvalue weighted by atomic mass is 16.4. The number of anilines is 1. The lowest BCUT2D eigenvalue weighted by atomic mass is 9.98. The minimum atomic E-state index is -1.08. The maximum absolute atomic E-state index is 12.4. The molecule has 0 bridgehead atoms. The molecule has 1 aromatic heterocycles. The average molecular weight is 465 g/mol. The van der Waals surface area contributed by atoms with Crippen LogP contribution in [-0.2, 0) is 18.3 Å². The summed E-state index contributed by atoms with van der Waals surface area (Å²) in [6.07, 6.45) is 1.58. The van der Waals surface area contributed by atoms with Crippen LogP contribution in [0.4, 0.5) is 5.69 Å². The zero-order valence-corrected chi connectivity index (χ0v) is 19.2. The van der Waals surface area contributed by atoms with E-state index in [0.29, 0.717) is 12.2 Å². The number of fused-ring (bicyclic) bond motifs is 1. The van der Waals surface area contributed by atoms with Gasteiger partial charge in [0.25, 0.3) is 5.69 Å². The molecule has 4 aromatic rings. The lowest BCUT2D eigenvalue weighted by molar-refractivity contribution is -0.672. The summed E-state index contributed by atoms with van der Waals surface area (Å²) in [5, 5.41) is 10.9. The Labute approximate surface area is 202 Å². The lowest BCUT2D eigenvalue weighted by Crippen LogP contribution is -2.35. The molecule has 1 unspecified atom stereocenters. The van der Waals surface area contributed by atoms with E-state index in [9.17, 15) is 9.59 Å². The average Bonchev–Trinajstić information content (AvgIpc) is 3.27. The van der Waals surface area contributed by atoms with Crippen molar-refractivity contribution in [2.75, 3.05) is 11.4 Å². The van der Waals surface area contributed by atoms with Crippen molar-refractivity contribution in [3.8, 4) is 0 Å². The van der Waals surface area contributed by atoms with Crippen molar-refractivity contribution in [2.24, 2.45) is 12.0 Å². The summed E-state index contributed by atoms with van der Waals surface area (Å²) in [6.45, 7) is 0.651. The molecule has 7 heteroatoms. The van der Waals surface area contributed by atoms with E-state index in [1.807, 2.05) is 72.9 Å². The lowest BCUT2D eigenvalue weighted by Gasteiger charge is -2.21. The van der Waals surface area contributed by atoms with Crippen LogP contribution in [0.25, 0.3) is 16.5 Å². The number of aryl methyl sites for hydroxylation is 1. The molecule has 7 nitrogen and oxygen atoms in total. The molecule has 3 heterocycles. The fourth-order valence-electron chi connectivity index (χ4n) is 4.59. The van der Waals surface area contributed by atoms with Crippen LogP contribution in [0.2, 0.25) is 0 Å². The first-order valence-electron chi connectivity index (χ1n) is 11.3. The molecule has 1 amide bonds. The SMILES string of the molecule is C[n+]1cc2ccccc2cc1C(=O)O.[NH-]C1N=C(c2ccccc2)c2cccc3c2N(CC3)C1=O. The van der Waals surface area contributed by atoms with Crippen LogP contribution >= 0.6 is 0 Å². The molecule has 0 spiro atoms. The Morgan fingerprint density at radius 1 is 1.03 bits per heavy atom. The van der Waals surface area contributed by atoms with E-state index in [1.54, 1.807) is 22.6 Å². The summed E-state index contributed by atoms with van der Waals surface area (Å²) in [5.41, 5.74) is 13.1. The van der Waals surface area contributed by atoms with E-state index in [4.69, 9.17) is 10.8 Å². The number of benzene rings is 3. The van der Waals surface area contributed by atoms with Crippen LogP contribution in [0.3, 0.4) is 0 Å². The predicted octanol–water partition coefficient (Wildman–Crippen LogP) is 4.17. The van der Waals surface area contributed by atoms with Gasteiger partial charge >= 0.3 is 5.97 Å². The topological polar surface area (TPSA) is 97.7 Å². The van der Waals surface area contributed by atoms with Crippen LogP contribution in [0, 0.1) is 0 Å². The number of aromatic carboxylic acids is 1. The van der Waals surface area contributed by atoms with E-state index in [2.05, 4.69) is 11.1 Å². The van der Waals surface area contributed by atoms with E-state index in [1.165, 1.54) is 5.56 Å². The molecular weight excluding hydrogens is 440 g/mol. The molecule has 2 aliphatic rings. The number of nitrogens with one attached hydrogen (secondary N) is 1. The number of pyridine rings is 1. The number of hydrogen-bond acceptors (Lipinski definition) is 3. The van der Waals surface area contributed by atoms with E-state index in [-0.39, 0.29) is 5.91 Å². The zero-order valence-electron chi connectivity index (χ0n) is 19.2. The van der Waals surface area contributed by atoms with Gasteiger partial charge in [0.05, 0.1) is 11.4 Å². The first-order chi connectivity index (χ1) is 16.9. The number of carboxylic acid groups (broad SMARTS) is 1. The Morgan fingerprint density at radius 3 is 2.49 bits per heavy atom. The Balaban J connectivity index is 0.000000158. The summed E-state index contributed by atoms with van der Waals surface area (Å²) in [4.78, 5) is 29.3. The number of carbonyl (C=O) groups excluding carboxylic acids is 1. The van der Waals surface area contributed by atoms with Gasteiger partial charge in [-0.25, -0.2) is 4.79 Å². The van der Waals surface area contributed by atoms with Gasteiger partial charge in [0.2, 0.25) is 5.91 Å². The summed E-state index contributed by atoms with van der Waals surface area (Å²) in [6, 6.07) is 25.2. The van der Waals surface area contributed by atoms with Gasteiger partial charge in [0.15, 0.2) is 6.20 Å². The van der Waals surface area contributed by atoms with E-state index < -0.39 is 12.1 Å². The van der Waals surface area contributed by atoms with Crippen molar-refractivity contribution in [3.63, 3.8) is 0 Å². The molecule has 2 aliphatic heterocycles. The molecular formula is C28H24N4O3. The van der Waals surface area contributed by atoms with Gasteiger partial charge < -0.3 is 15.7 Å². The van der Waals surface area contributed by atoms with Crippen LogP contribution in [0.1, 0.15) is 27.2 Å². The molecule has 3 aromatic carbocycles. The number of para-hydroxylation sites is 1. The number of nitrogens with zero attached hydrogens (tertiary/aromatic N) is 3. The summed E-state index contributed by atoms with van der Waals surface area (Å²) >= 11 is 0. The minimum absolute atomic E-state index is 0.230. The van der Waals surface area contributed by atoms with Crippen molar-refractivity contribution in [2.45, 2.75) is 12.6 Å². The van der Waals surface area contributed by atoms with Gasteiger partial charge in [-0.2, -0.15) is 4.57 Å². The molecule has 6 rings (SSSR count). The molecule has 0 aliphatic carbocycles. The first-order valence-corrected chi connectivity index (χ1v) is 11.3. The first kappa shape index (κ1) is 22.4. The number of amides is 1. The highest BCUT2D eigenvalue weighted by Gasteiger charge is 2.32. The maximum atomic E-state index is 12.4. The zero-order chi connectivity index (χ0) is 24.5. The summed E-state index contributed by atoms with van der Waals surface area (Å²) in [7, 11) is 1.73. The highest BCUT2D eigenvalue weighted by molar-refractivity contribution is 6.21. The van der Waals surface area contributed by atoms with E-state index >= 15 is 0 Å². The quantitative estimate of drug-likeness (QED) is 0.451. The Morgan fingerprint density at radius 2 is 1.74 bits per heavy atom. The normalized spacial score (nSPS) is 16.2. The minimum Gasteiger partial charge on any atom is -0.647 e. The molecule has 0 fully saturated rings. The molecule has 0 saturated carbocycles. The fourth-order valence-corrected chi connectivity index (χ4v) is 4.59. The number of hydrogen-bond donors (Lipinski definition) is 1. The van der Waals surface area contributed by atoms with Crippen molar-refractivity contribution in [3.05, 3.63) is 113 Å². The number of carboxylic acids is 1. The fraction of sp³-hybridized carbons (Fsp3) is 0.143. The third-order valence-electron chi connectivity index (χ3n) is 6.27. The highest BCUT2D eigenvalue weighted by Crippen LogP contribution is 2.36. The molecule has 35 heavy (non-hydrogen) atoms. The van der Waals surface area contributed by atoms with Gasteiger partial charge in [-0.1, -0.05) is 66.7 Å². The second-order valence-corrected chi connectivity index (χ2v) is 8.50. The van der Waals surface area contributed by atoms with Crippen LogP contribution in [0.5, 0.6) is 0 Å². The standard InChI is InChI=1S/C17H14N3O.C11H9NO2/c18-16-17(21)20-10-9-12-7-4-8-13(15(12)20)14(19-16)11-5-2-1-3-6-11;1-12-7-9-5-3-2-4-8(9)6-10(12)11(13)14/h1-8,16,18H,9-10H2;2-7H,1H3/q-1;/p+1. The van der Waals surface area contributed by atoms with Gasteiger partial charge in [-0.3, -0.25) is 9.79 Å². The Hall–Kier alpha value is -4.36. The molecule has 2 N–H and O–H groups in total. The maximum Gasteiger partial charge on any atom is 0.401 e. The number of aromatic nitrogens is 1. The van der Waals surface area contributed by atoms with Crippen LogP contribution in [-0.4, -0.2) is 35.4 Å². The molecule has 174 valence electrons. The third kappa shape index (κ3) is 4.18. The number of carbonyl (C=O) groups is 2. The predicted molar refractivity (Wildman–Crippen MR) is 135 cm³/mol. The van der Waals surface area contributed by atoms with Crippen molar-refractivity contribution in [1.29, 1.82) is 0 Å². The Bertz CT molecular complexity index is 1480. The van der Waals surface area contributed by atoms with Gasteiger partial charge in [-0.15, -0.1) is 0 Å². The van der Waals surface area contributed by atoms with Gasteiger partial charge in [-0.05, 0) is 23.4 Å². The summed E-state index contributed by atoms with van der Waals surface area (Å²) in [5.74, 6) is -1.13. The van der Waals surface area contributed by atoms with Crippen LogP contribution < -0.4 is 9.47 Å². The second kappa shape index (κ2) is 9.12. The summed E-state index contributed by atoms with van der Waals surface area (Å²) < 4.78 is 1.62. The van der Waals surface area contributed by atoms with Crippen molar-refractivity contribution < 1.29 is 19.3 Å².